The van der Waals surface area contributed by atoms with E-state index >= 15 is 0 Å². The molecule has 62 valence electrons. The molecule has 1 heteroatoms. The first-order valence-corrected chi connectivity index (χ1v) is 4.14. The van der Waals surface area contributed by atoms with Crippen molar-refractivity contribution in [1.29, 1.82) is 0 Å². The molecule has 0 N–H and O–H groups in total. The van der Waals surface area contributed by atoms with Crippen LogP contribution >= 0.6 is 0 Å². The van der Waals surface area contributed by atoms with E-state index < -0.39 is 0 Å². The first kappa shape index (κ1) is 8.51. The summed E-state index contributed by atoms with van der Waals surface area (Å²) in [6.45, 7) is 8.11. The summed E-state index contributed by atoms with van der Waals surface area (Å²) in [6.07, 6.45) is 3.13. The quantitative estimate of drug-likeness (QED) is 0.528. The van der Waals surface area contributed by atoms with E-state index in [1.165, 1.54) is 5.57 Å². The van der Waals surface area contributed by atoms with Crippen LogP contribution in [0.2, 0.25) is 0 Å². The zero-order chi connectivity index (χ0) is 8.65. The molecule has 0 saturated carbocycles. The van der Waals surface area contributed by atoms with Gasteiger partial charge in [-0.3, -0.25) is 4.79 Å². The Labute approximate surface area is 68.5 Å². The van der Waals surface area contributed by atoms with Gasteiger partial charge >= 0.3 is 0 Å². The Balaban J connectivity index is 2.86. The summed E-state index contributed by atoms with van der Waals surface area (Å²) in [5.41, 5.74) is 1.46. The molecule has 0 fully saturated rings. The summed E-state index contributed by atoms with van der Waals surface area (Å²) < 4.78 is 0. The van der Waals surface area contributed by atoms with Gasteiger partial charge in [0.05, 0.1) is 0 Å². The molecule has 0 aromatic heterocycles. The van der Waals surface area contributed by atoms with E-state index in [0.717, 1.165) is 6.42 Å². The number of Topliss-reactive ketones (excluding diaryl/α,β-unsaturated/α-hetero) is 1. The molecule has 0 radical (unpaired) electrons. The second-order valence-corrected chi connectivity index (χ2v) is 4.01. The standard InChI is InChI=1S/C10H16O/c1-7-5-6-9(8(2)11)10(7,3)4/h5,9H,6H2,1-4H3/t9-/m1/s1. The third kappa shape index (κ3) is 1.24. The molecular weight excluding hydrogens is 136 g/mol. The third-order valence-corrected chi connectivity index (χ3v) is 3.04. The van der Waals surface area contributed by atoms with Crippen LogP contribution in [0.5, 0.6) is 0 Å². The minimum atomic E-state index is 0.103. The fourth-order valence-electron chi connectivity index (χ4n) is 1.80. The van der Waals surface area contributed by atoms with Gasteiger partial charge in [0.2, 0.25) is 0 Å². The van der Waals surface area contributed by atoms with Crippen LogP contribution in [0.3, 0.4) is 0 Å². The van der Waals surface area contributed by atoms with Crippen molar-refractivity contribution in [3.05, 3.63) is 11.6 Å². The molecule has 0 saturated heterocycles. The number of carbonyl (C=O) groups is 1. The van der Waals surface area contributed by atoms with E-state index in [2.05, 4.69) is 26.8 Å². The van der Waals surface area contributed by atoms with Crippen molar-refractivity contribution in [1.82, 2.24) is 0 Å². The topological polar surface area (TPSA) is 17.1 Å². The fraction of sp³-hybridized carbons (Fsp3) is 0.700. The van der Waals surface area contributed by atoms with E-state index in [0.29, 0.717) is 5.78 Å². The largest absolute Gasteiger partial charge is 0.300 e. The molecule has 0 unspecified atom stereocenters. The summed E-state index contributed by atoms with van der Waals surface area (Å²) in [5, 5.41) is 0. The second kappa shape index (κ2) is 2.47. The van der Waals surface area contributed by atoms with Crippen molar-refractivity contribution in [2.24, 2.45) is 11.3 Å². The number of ketones is 1. The molecule has 1 aliphatic carbocycles. The van der Waals surface area contributed by atoms with Crippen molar-refractivity contribution in [2.45, 2.75) is 34.1 Å². The maximum Gasteiger partial charge on any atom is 0.134 e. The summed E-state index contributed by atoms with van der Waals surface area (Å²) in [7, 11) is 0. The SMILES string of the molecule is CC(=O)[C@H]1CC=C(C)C1(C)C. The summed E-state index contributed by atoms with van der Waals surface area (Å²) >= 11 is 0. The van der Waals surface area contributed by atoms with Gasteiger partial charge in [-0.2, -0.15) is 0 Å². The lowest BCUT2D eigenvalue weighted by Crippen LogP contribution is -2.26. The molecule has 0 bridgehead atoms. The average molecular weight is 152 g/mol. The van der Waals surface area contributed by atoms with E-state index in [4.69, 9.17) is 0 Å². The van der Waals surface area contributed by atoms with Crippen LogP contribution in [0.1, 0.15) is 34.1 Å². The Morgan fingerprint density at radius 3 is 2.36 bits per heavy atom. The highest BCUT2D eigenvalue weighted by molar-refractivity contribution is 5.80. The Morgan fingerprint density at radius 2 is 2.18 bits per heavy atom. The van der Waals surface area contributed by atoms with E-state index in [9.17, 15) is 4.79 Å². The molecule has 0 amide bonds. The Bertz CT molecular complexity index is 211. The van der Waals surface area contributed by atoms with E-state index in [-0.39, 0.29) is 11.3 Å². The van der Waals surface area contributed by atoms with Crippen molar-refractivity contribution < 1.29 is 4.79 Å². The zero-order valence-corrected chi connectivity index (χ0v) is 7.77. The predicted molar refractivity (Wildman–Crippen MR) is 46.3 cm³/mol. The van der Waals surface area contributed by atoms with Gasteiger partial charge in [0.25, 0.3) is 0 Å². The molecular formula is C10H16O. The van der Waals surface area contributed by atoms with Gasteiger partial charge < -0.3 is 0 Å². The number of hydrogen-bond acceptors (Lipinski definition) is 1. The van der Waals surface area contributed by atoms with Gasteiger partial charge in [-0.1, -0.05) is 25.5 Å². The molecule has 0 heterocycles. The third-order valence-electron chi connectivity index (χ3n) is 3.04. The number of rotatable bonds is 1. The molecule has 1 aliphatic rings. The molecule has 0 aromatic rings. The smallest absolute Gasteiger partial charge is 0.134 e. The van der Waals surface area contributed by atoms with Crippen molar-refractivity contribution in [3.63, 3.8) is 0 Å². The average Bonchev–Trinajstić information content (AvgIpc) is 2.08. The number of carbonyl (C=O) groups excluding carboxylic acids is 1. The van der Waals surface area contributed by atoms with E-state index in [1.54, 1.807) is 6.92 Å². The first-order valence-electron chi connectivity index (χ1n) is 4.14. The zero-order valence-electron chi connectivity index (χ0n) is 7.77. The lowest BCUT2D eigenvalue weighted by Gasteiger charge is -2.27. The highest BCUT2D eigenvalue weighted by atomic mass is 16.1. The normalized spacial score (nSPS) is 28.4. The molecule has 1 rings (SSSR count). The number of hydrogen-bond donors (Lipinski definition) is 0. The second-order valence-electron chi connectivity index (χ2n) is 4.01. The van der Waals surface area contributed by atoms with Crippen molar-refractivity contribution in [3.8, 4) is 0 Å². The lowest BCUT2D eigenvalue weighted by molar-refractivity contribution is -0.122. The van der Waals surface area contributed by atoms with Gasteiger partial charge in [-0.25, -0.2) is 0 Å². The Hall–Kier alpha value is -0.590. The molecule has 11 heavy (non-hydrogen) atoms. The monoisotopic (exact) mass is 152 g/mol. The van der Waals surface area contributed by atoms with Crippen molar-refractivity contribution in [2.75, 3.05) is 0 Å². The Morgan fingerprint density at radius 1 is 1.64 bits per heavy atom. The lowest BCUT2D eigenvalue weighted by atomic mass is 9.76. The summed E-state index contributed by atoms with van der Waals surface area (Å²) in [5.74, 6) is 0.547. The summed E-state index contributed by atoms with van der Waals surface area (Å²) in [6, 6.07) is 0. The van der Waals surface area contributed by atoms with Gasteiger partial charge in [-0.05, 0) is 25.7 Å². The van der Waals surface area contributed by atoms with Crippen LogP contribution in [0, 0.1) is 11.3 Å². The maximum absolute atomic E-state index is 11.2. The first-order chi connectivity index (χ1) is 4.96. The molecule has 0 aromatic carbocycles. The Kier molecular flexibility index (Phi) is 1.91. The van der Waals surface area contributed by atoms with Crippen LogP contribution in [-0.4, -0.2) is 5.78 Å². The highest BCUT2D eigenvalue weighted by Crippen LogP contribution is 2.43. The van der Waals surface area contributed by atoms with E-state index in [1.807, 2.05) is 0 Å². The molecule has 0 aliphatic heterocycles. The molecule has 1 atom stereocenters. The number of allylic oxidation sites excluding steroid dienone is 2. The van der Waals surface area contributed by atoms with Crippen LogP contribution in [-0.2, 0) is 4.79 Å². The van der Waals surface area contributed by atoms with Crippen LogP contribution in [0.4, 0.5) is 0 Å². The summed E-state index contributed by atoms with van der Waals surface area (Å²) in [4.78, 5) is 11.2. The molecule has 0 spiro atoms. The van der Waals surface area contributed by atoms with Gasteiger partial charge in [0, 0.05) is 5.92 Å². The van der Waals surface area contributed by atoms with Gasteiger partial charge in [0.15, 0.2) is 0 Å². The predicted octanol–water partition coefficient (Wildman–Crippen LogP) is 2.57. The van der Waals surface area contributed by atoms with Gasteiger partial charge in [-0.15, -0.1) is 0 Å². The van der Waals surface area contributed by atoms with Gasteiger partial charge in [0.1, 0.15) is 5.78 Å². The molecule has 1 nitrogen and oxygen atoms in total. The maximum atomic E-state index is 11.2. The van der Waals surface area contributed by atoms with Crippen LogP contribution in [0.15, 0.2) is 11.6 Å². The van der Waals surface area contributed by atoms with Crippen molar-refractivity contribution >= 4 is 5.78 Å². The minimum Gasteiger partial charge on any atom is -0.300 e. The van der Waals surface area contributed by atoms with Crippen LogP contribution in [0.25, 0.3) is 0 Å². The minimum absolute atomic E-state index is 0.103. The highest BCUT2D eigenvalue weighted by Gasteiger charge is 2.37. The fourth-order valence-corrected chi connectivity index (χ4v) is 1.80. The van der Waals surface area contributed by atoms with Crippen LogP contribution < -0.4 is 0 Å².